The molecule has 1 atom stereocenters. The predicted molar refractivity (Wildman–Crippen MR) is 85.6 cm³/mol. The number of carbonyl (C=O) groups is 2. The van der Waals surface area contributed by atoms with Gasteiger partial charge in [0.1, 0.15) is 0 Å². The fourth-order valence-electron chi connectivity index (χ4n) is 3.46. The van der Waals surface area contributed by atoms with Crippen molar-refractivity contribution in [3.8, 4) is 0 Å². The SMILES string of the molecule is Cc1nc(CCNC(=O)C2CC(=O)N(C3CCCC3)C2)cs1. The Bertz CT molecular complexity index is 551. The van der Waals surface area contributed by atoms with Crippen LogP contribution in [-0.2, 0) is 16.0 Å². The summed E-state index contributed by atoms with van der Waals surface area (Å²) in [6.07, 6.45) is 5.74. The van der Waals surface area contributed by atoms with Crippen molar-refractivity contribution in [1.82, 2.24) is 15.2 Å². The van der Waals surface area contributed by atoms with Gasteiger partial charge in [-0.3, -0.25) is 9.59 Å². The van der Waals surface area contributed by atoms with E-state index in [1.165, 1.54) is 12.8 Å². The van der Waals surface area contributed by atoms with E-state index in [9.17, 15) is 9.59 Å². The van der Waals surface area contributed by atoms with Crippen LogP contribution in [0.25, 0.3) is 0 Å². The second kappa shape index (κ2) is 6.77. The Morgan fingerprint density at radius 3 is 2.91 bits per heavy atom. The van der Waals surface area contributed by atoms with E-state index in [4.69, 9.17) is 0 Å². The topological polar surface area (TPSA) is 62.3 Å². The molecule has 1 unspecified atom stereocenters. The van der Waals surface area contributed by atoms with E-state index in [1.807, 2.05) is 17.2 Å². The maximum Gasteiger partial charge on any atom is 0.225 e. The maximum atomic E-state index is 12.2. The van der Waals surface area contributed by atoms with Crippen molar-refractivity contribution < 1.29 is 9.59 Å². The molecular formula is C16H23N3O2S. The highest BCUT2D eigenvalue weighted by Crippen LogP contribution is 2.29. The van der Waals surface area contributed by atoms with E-state index in [2.05, 4.69) is 10.3 Å². The van der Waals surface area contributed by atoms with E-state index in [0.29, 0.717) is 25.6 Å². The number of hydrogen-bond acceptors (Lipinski definition) is 4. The first-order valence-electron chi connectivity index (χ1n) is 8.11. The third kappa shape index (κ3) is 3.48. The Labute approximate surface area is 135 Å². The summed E-state index contributed by atoms with van der Waals surface area (Å²) in [5.74, 6) is -0.00626. The van der Waals surface area contributed by atoms with Gasteiger partial charge in [-0.2, -0.15) is 0 Å². The van der Waals surface area contributed by atoms with Crippen molar-refractivity contribution in [2.45, 2.75) is 51.5 Å². The monoisotopic (exact) mass is 321 g/mol. The van der Waals surface area contributed by atoms with Gasteiger partial charge in [-0.1, -0.05) is 12.8 Å². The van der Waals surface area contributed by atoms with E-state index >= 15 is 0 Å². The average molecular weight is 321 g/mol. The minimum Gasteiger partial charge on any atom is -0.355 e. The number of aromatic nitrogens is 1. The largest absolute Gasteiger partial charge is 0.355 e. The normalized spacial score (nSPS) is 22.5. The number of carbonyl (C=O) groups excluding carboxylic acids is 2. The zero-order valence-electron chi connectivity index (χ0n) is 13.0. The molecule has 0 aromatic carbocycles. The van der Waals surface area contributed by atoms with Gasteiger partial charge in [0.15, 0.2) is 0 Å². The summed E-state index contributed by atoms with van der Waals surface area (Å²) in [5, 5.41) is 6.04. The van der Waals surface area contributed by atoms with Gasteiger partial charge >= 0.3 is 0 Å². The summed E-state index contributed by atoms with van der Waals surface area (Å²) in [6, 6.07) is 0.378. The van der Waals surface area contributed by atoms with Gasteiger partial charge in [0.2, 0.25) is 11.8 Å². The van der Waals surface area contributed by atoms with Crippen molar-refractivity contribution in [3.63, 3.8) is 0 Å². The molecule has 120 valence electrons. The van der Waals surface area contributed by atoms with Gasteiger partial charge in [0, 0.05) is 37.4 Å². The summed E-state index contributed by atoms with van der Waals surface area (Å²) in [4.78, 5) is 30.7. The van der Waals surface area contributed by atoms with Crippen LogP contribution in [0.4, 0.5) is 0 Å². The van der Waals surface area contributed by atoms with Gasteiger partial charge in [0.25, 0.3) is 0 Å². The molecule has 2 amide bonds. The van der Waals surface area contributed by atoms with Gasteiger partial charge < -0.3 is 10.2 Å². The lowest BCUT2D eigenvalue weighted by Gasteiger charge is -2.23. The molecule has 1 saturated carbocycles. The number of nitrogens with zero attached hydrogens (tertiary/aromatic N) is 2. The number of thiazole rings is 1. The fraction of sp³-hybridized carbons (Fsp3) is 0.688. The zero-order chi connectivity index (χ0) is 15.5. The third-order valence-corrected chi connectivity index (χ3v) is 5.46. The van der Waals surface area contributed by atoms with Crippen LogP contribution >= 0.6 is 11.3 Å². The van der Waals surface area contributed by atoms with E-state index in [1.54, 1.807) is 11.3 Å². The molecule has 1 N–H and O–H groups in total. The van der Waals surface area contributed by atoms with Crippen molar-refractivity contribution in [3.05, 3.63) is 16.1 Å². The highest BCUT2D eigenvalue weighted by molar-refractivity contribution is 7.09. The molecule has 3 rings (SSSR count). The van der Waals surface area contributed by atoms with Crippen LogP contribution in [0.1, 0.15) is 42.8 Å². The number of likely N-dealkylation sites (tertiary alicyclic amines) is 1. The van der Waals surface area contributed by atoms with Crippen LogP contribution < -0.4 is 5.32 Å². The number of hydrogen-bond donors (Lipinski definition) is 1. The number of aryl methyl sites for hydroxylation is 1. The number of rotatable bonds is 5. The second-order valence-corrected chi connectivity index (χ2v) is 7.35. The van der Waals surface area contributed by atoms with Gasteiger partial charge in [-0.25, -0.2) is 4.98 Å². The second-order valence-electron chi connectivity index (χ2n) is 6.28. The van der Waals surface area contributed by atoms with Crippen molar-refractivity contribution in [2.75, 3.05) is 13.1 Å². The Morgan fingerprint density at radius 1 is 1.45 bits per heavy atom. The fourth-order valence-corrected chi connectivity index (χ4v) is 4.10. The summed E-state index contributed by atoms with van der Waals surface area (Å²) >= 11 is 1.63. The van der Waals surface area contributed by atoms with Crippen LogP contribution in [0.3, 0.4) is 0 Å². The van der Waals surface area contributed by atoms with Crippen LogP contribution in [0.15, 0.2) is 5.38 Å². The molecule has 0 radical (unpaired) electrons. The molecule has 1 saturated heterocycles. The van der Waals surface area contributed by atoms with Gasteiger partial charge in [-0.05, 0) is 19.8 Å². The lowest BCUT2D eigenvalue weighted by Crippen LogP contribution is -2.37. The molecule has 1 aromatic rings. The lowest BCUT2D eigenvalue weighted by atomic mass is 10.1. The minimum absolute atomic E-state index is 0.0146. The maximum absolute atomic E-state index is 12.2. The van der Waals surface area contributed by atoms with Crippen molar-refractivity contribution >= 4 is 23.2 Å². The van der Waals surface area contributed by atoms with Crippen LogP contribution in [-0.4, -0.2) is 40.8 Å². The van der Waals surface area contributed by atoms with Crippen molar-refractivity contribution in [2.24, 2.45) is 5.92 Å². The Balaban J connectivity index is 1.45. The Morgan fingerprint density at radius 2 is 2.23 bits per heavy atom. The molecule has 1 aromatic heterocycles. The first-order valence-corrected chi connectivity index (χ1v) is 8.99. The molecule has 1 aliphatic carbocycles. The molecule has 22 heavy (non-hydrogen) atoms. The summed E-state index contributed by atoms with van der Waals surface area (Å²) in [7, 11) is 0. The first kappa shape index (κ1) is 15.5. The third-order valence-electron chi connectivity index (χ3n) is 4.64. The van der Waals surface area contributed by atoms with Gasteiger partial charge in [0.05, 0.1) is 16.6 Å². The van der Waals surface area contributed by atoms with E-state index < -0.39 is 0 Å². The molecule has 6 heteroatoms. The highest BCUT2D eigenvalue weighted by atomic mass is 32.1. The van der Waals surface area contributed by atoms with Crippen LogP contribution in [0, 0.1) is 12.8 Å². The Kier molecular flexibility index (Phi) is 4.76. The first-order chi connectivity index (χ1) is 10.6. The molecule has 1 aliphatic heterocycles. The molecule has 2 fully saturated rings. The lowest BCUT2D eigenvalue weighted by molar-refractivity contribution is -0.130. The summed E-state index contributed by atoms with van der Waals surface area (Å²) in [6.45, 7) is 3.18. The zero-order valence-corrected chi connectivity index (χ0v) is 13.8. The molecular weight excluding hydrogens is 298 g/mol. The number of nitrogens with one attached hydrogen (secondary N) is 1. The number of amides is 2. The smallest absolute Gasteiger partial charge is 0.225 e. The van der Waals surface area contributed by atoms with Gasteiger partial charge in [-0.15, -0.1) is 11.3 Å². The molecule has 2 aliphatic rings. The molecule has 0 bridgehead atoms. The van der Waals surface area contributed by atoms with Crippen molar-refractivity contribution in [1.29, 1.82) is 0 Å². The predicted octanol–water partition coefficient (Wildman–Crippen LogP) is 1.90. The standard InChI is InChI=1S/C16H23N3O2S/c1-11-18-13(10-22-11)6-7-17-16(21)12-8-15(20)19(9-12)14-4-2-3-5-14/h10,12,14H,2-9H2,1H3,(H,17,21). The molecule has 5 nitrogen and oxygen atoms in total. The van der Waals surface area contributed by atoms with Crippen LogP contribution in [0.5, 0.6) is 0 Å². The molecule has 0 spiro atoms. The van der Waals surface area contributed by atoms with E-state index in [-0.39, 0.29) is 17.7 Å². The molecule has 2 heterocycles. The quantitative estimate of drug-likeness (QED) is 0.901. The Hall–Kier alpha value is -1.43. The minimum atomic E-state index is -0.176. The highest BCUT2D eigenvalue weighted by Gasteiger charge is 2.38. The summed E-state index contributed by atoms with van der Waals surface area (Å²) in [5.41, 5.74) is 1.03. The summed E-state index contributed by atoms with van der Waals surface area (Å²) < 4.78 is 0. The van der Waals surface area contributed by atoms with Crippen LogP contribution in [0.2, 0.25) is 0 Å². The average Bonchev–Trinajstić information content (AvgIpc) is 3.19. The van der Waals surface area contributed by atoms with E-state index in [0.717, 1.165) is 30.0 Å².